The summed E-state index contributed by atoms with van der Waals surface area (Å²) in [4.78, 5) is 0. The first-order valence-corrected chi connectivity index (χ1v) is 22.3. The van der Waals surface area contributed by atoms with Crippen LogP contribution in [0.25, 0.3) is 0 Å². The molecule has 5 aliphatic heterocycles. The van der Waals surface area contributed by atoms with E-state index in [2.05, 4.69) is 45.6 Å². The monoisotopic (exact) mass is 904 g/mol. The van der Waals surface area contributed by atoms with Gasteiger partial charge in [-0.15, -0.1) is 0 Å². The summed E-state index contributed by atoms with van der Waals surface area (Å²) in [5, 5.41) is 21.5. The van der Waals surface area contributed by atoms with Gasteiger partial charge in [-0.25, -0.2) is 0 Å². The van der Waals surface area contributed by atoms with Gasteiger partial charge in [0.1, 0.15) is 0 Å². The van der Waals surface area contributed by atoms with Crippen molar-refractivity contribution in [1.82, 2.24) is 21.3 Å². The van der Waals surface area contributed by atoms with Gasteiger partial charge in [0.25, 0.3) is 0 Å². The molecular formula is C44H40Cl8N4. The van der Waals surface area contributed by atoms with E-state index >= 15 is 0 Å². The maximum atomic E-state index is 7.09. The van der Waals surface area contributed by atoms with Crippen LogP contribution in [0.3, 0.4) is 0 Å². The summed E-state index contributed by atoms with van der Waals surface area (Å²) < 4.78 is 0. The van der Waals surface area contributed by atoms with Crippen LogP contribution in [0.5, 0.6) is 0 Å². The molecule has 9 rings (SSSR count). The lowest BCUT2D eigenvalue weighted by molar-refractivity contribution is 0.317. The number of nitrogens with one attached hydrogen (secondary N) is 4. The Kier molecular flexibility index (Phi) is 11.8. The Balaban J connectivity index is 1.20. The molecule has 292 valence electrons. The van der Waals surface area contributed by atoms with E-state index in [0.29, 0.717) is 40.2 Å². The van der Waals surface area contributed by atoms with Crippen molar-refractivity contribution in [1.29, 1.82) is 0 Å². The maximum absolute atomic E-state index is 7.09. The van der Waals surface area contributed by atoms with Gasteiger partial charge in [-0.05, 0) is 96.5 Å². The summed E-state index contributed by atoms with van der Waals surface area (Å²) in [5.41, 5.74) is 3.70. The number of benzene rings is 4. The molecular weight excluding hydrogens is 868 g/mol. The lowest BCUT2D eigenvalue weighted by atomic mass is 9.83. The average Bonchev–Trinajstić information content (AvgIpc) is 4.00. The second-order valence-electron chi connectivity index (χ2n) is 15.8. The summed E-state index contributed by atoms with van der Waals surface area (Å²) in [7, 11) is 0. The van der Waals surface area contributed by atoms with Crippen molar-refractivity contribution >= 4 is 92.8 Å². The van der Waals surface area contributed by atoms with E-state index in [1.165, 1.54) is 0 Å². The fraction of sp³-hybridized carbons (Fsp3) is 0.364. The van der Waals surface area contributed by atoms with Crippen molar-refractivity contribution in [3.8, 4) is 0 Å². The van der Waals surface area contributed by atoms with Crippen LogP contribution < -0.4 is 21.3 Å². The van der Waals surface area contributed by atoms with Crippen LogP contribution in [-0.2, 0) is 0 Å². The summed E-state index contributed by atoms with van der Waals surface area (Å²) in [6.07, 6.45) is 12.7. The van der Waals surface area contributed by atoms with Gasteiger partial charge in [0.05, 0.1) is 0 Å². The number of hydrogen-bond acceptors (Lipinski definition) is 4. The highest BCUT2D eigenvalue weighted by molar-refractivity contribution is 6.38. The van der Waals surface area contributed by atoms with Crippen LogP contribution in [0.15, 0.2) is 97.1 Å². The summed E-state index contributed by atoms with van der Waals surface area (Å²) in [5.74, 6) is -0.404. The first-order valence-electron chi connectivity index (χ1n) is 19.3. The Morgan fingerprint density at radius 2 is 0.500 bits per heavy atom. The van der Waals surface area contributed by atoms with Gasteiger partial charge in [0.15, 0.2) is 0 Å². The van der Waals surface area contributed by atoms with Crippen molar-refractivity contribution in [2.45, 2.75) is 97.7 Å². The highest BCUT2D eigenvalue weighted by Gasteiger charge is 2.49. The van der Waals surface area contributed by atoms with Crippen LogP contribution >= 0.6 is 92.8 Å². The zero-order valence-corrected chi connectivity index (χ0v) is 36.1. The Bertz CT molecular complexity index is 1810. The van der Waals surface area contributed by atoms with Gasteiger partial charge in [-0.3, -0.25) is 0 Å². The Labute approximate surface area is 368 Å². The first kappa shape index (κ1) is 40.0. The Morgan fingerprint density at radius 3 is 0.696 bits per heavy atom. The predicted octanol–water partition coefficient (Wildman–Crippen LogP) is 12.4. The lowest BCUT2D eigenvalue weighted by Gasteiger charge is -2.38. The van der Waals surface area contributed by atoms with Crippen molar-refractivity contribution in [2.24, 2.45) is 0 Å². The second kappa shape index (κ2) is 16.5. The molecule has 3 fully saturated rings. The minimum Gasteiger partial charge on any atom is -0.310 e. The Hall–Kier alpha value is -1.48. The predicted molar refractivity (Wildman–Crippen MR) is 236 cm³/mol. The van der Waals surface area contributed by atoms with E-state index < -0.39 is 0 Å². The maximum Gasteiger partial charge on any atom is 0.0457 e. The minimum absolute atomic E-state index is 0.0159. The van der Waals surface area contributed by atoms with E-state index in [4.69, 9.17) is 92.8 Å². The Morgan fingerprint density at radius 1 is 0.304 bits per heavy atom. The summed E-state index contributed by atoms with van der Waals surface area (Å²) >= 11 is 56.7. The van der Waals surface area contributed by atoms with Crippen LogP contribution in [0.1, 0.15) is 71.6 Å². The molecule has 4 N–H and O–H groups in total. The van der Waals surface area contributed by atoms with Crippen LogP contribution in [0.2, 0.25) is 40.2 Å². The van der Waals surface area contributed by atoms with E-state index in [0.717, 1.165) is 47.9 Å². The van der Waals surface area contributed by atoms with Gasteiger partial charge in [-0.1, -0.05) is 141 Å². The minimum atomic E-state index is -0.103. The van der Waals surface area contributed by atoms with Crippen molar-refractivity contribution in [3.05, 3.63) is 160 Å². The first-order chi connectivity index (χ1) is 27.1. The molecule has 4 aromatic rings. The van der Waals surface area contributed by atoms with E-state index in [1.54, 1.807) is 0 Å². The van der Waals surface area contributed by atoms with Gasteiger partial charge in [0, 0.05) is 112 Å². The van der Waals surface area contributed by atoms with Crippen molar-refractivity contribution < 1.29 is 0 Å². The van der Waals surface area contributed by atoms with Crippen molar-refractivity contribution in [3.63, 3.8) is 0 Å². The molecule has 3 saturated heterocycles. The molecule has 0 radical (unpaired) electrons. The average molecular weight is 908 g/mol. The quantitative estimate of drug-likeness (QED) is 0.154. The fourth-order valence-electron chi connectivity index (χ4n) is 10.6. The number of fused-ring (bicyclic) bond motifs is 8. The van der Waals surface area contributed by atoms with Gasteiger partial charge >= 0.3 is 0 Å². The van der Waals surface area contributed by atoms with Gasteiger partial charge in [-0.2, -0.15) is 0 Å². The highest BCUT2D eigenvalue weighted by Crippen LogP contribution is 2.49. The molecule has 5 heterocycles. The van der Waals surface area contributed by atoms with Gasteiger partial charge in [0.2, 0.25) is 0 Å². The largest absolute Gasteiger partial charge is 0.310 e. The molecule has 0 aliphatic carbocycles. The van der Waals surface area contributed by atoms with Crippen molar-refractivity contribution in [2.75, 3.05) is 0 Å². The fourth-order valence-corrected chi connectivity index (χ4v) is 13.2. The third-order valence-corrected chi connectivity index (χ3v) is 15.5. The van der Waals surface area contributed by atoms with Gasteiger partial charge < -0.3 is 21.3 Å². The third-order valence-electron chi connectivity index (χ3n) is 12.9. The van der Waals surface area contributed by atoms with Crippen LogP contribution in [0.4, 0.5) is 0 Å². The second-order valence-corrected chi connectivity index (χ2v) is 19.0. The van der Waals surface area contributed by atoms with Crippen LogP contribution in [-0.4, -0.2) is 48.3 Å². The normalized spacial score (nSPS) is 33.7. The molecule has 12 heteroatoms. The topological polar surface area (TPSA) is 48.1 Å². The molecule has 12 unspecified atom stereocenters. The standard InChI is InChI=1S/C44H40Cl8N4/c45-21-5-1-6-22(46)37(21)41-29-13-15-31(53-29)42(38-23(47)7-2-8-24(38)48)33-17-19-35(55-33)44(40-27(51)11-4-12-28(40)52)36-20-18-34(56-36)43(32-16-14-30(41)54-32)39-25(49)9-3-10-26(39)50/h1-13,15,18,20,29-36,41-44,53-56H,14,16-17,19H2. The van der Waals surface area contributed by atoms with Crippen LogP contribution in [0, 0.1) is 0 Å². The molecule has 4 nitrogen and oxygen atoms in total. The molecule has 0 spiro atoms. The number of halogens is 8. The number of hydrogen-bond donors (Lipinski definition) is 4. The molecule has 56 heavy (non-hydrogen) atoms. The SMILES string of the molecule is Clc1cccc(Cl)c1C1C2C=CC(N2)C(c2c(Cl)cccc2Cl)C2CCC(N2)C(c2c(Cl)cccc2Cl)C2C=CC(N2)C(c2c(Cl)cccc2Cl)C2CCC1N2. The lowest BCUT2D eigenvalue weighted by Crippen LogP contribution is -2.52. The zero-order valence-electron chi connectivity index (χ0n) is 30.0. The van der Waals surface area contributed by atoms with E-state index in [1.807, 2.05) is 72.8 Å². The zero-order chi connectivity index (χ0) is 38.8. The molecule has 0 aromatic heterocycles. The molecule has 5 aliphatic rings. The summed E-state index contributed by atoms with van der Waals surface area (Å²) in [6, 6.07) is 22.7. The molecule has 0 amide bonds. The summed E-state index contributed by atoms with van der Waals surface area (Å²) in [6.45, 7) is 0. The molecule has 8 bridgehead atoms. The molecule has 12 atom stereocenters. The number of rotatable bonds is 4. The third kappa shape index (κ3) is 7.27. The highest BCUT2D eigenvalue weighted by atomic mass is 35.5. The van der Waals surface area contributed by atoms with E-state index in [9.17, 15) is 0 Å². The van der Waals surface area contributed by atoms with E-state index in [-0.39, 0.29) is 72.0 Å². The smallest absolute Gasteiger partial charge is 0.0457 e. The molecule has 4 aromatic carbocycles. The molecule has 0 saturated carbocycles.